The van der Waals surface area contributed by atoms with Crippen LogP contribution in [0.15, 0.2) is 47.4 Å². The molecule has 1 unspecified atom stereocenters. The lowest BCUT2D eigenvalue weighted by Crippen LogP contribution is -2.29. The summed E-state index contributed by atoms with van der Waals surface area (Å²) < 4.78 is 47.1. The first-order chi connectivity index (χ1) is 23.7. The molecule has 0 aliphatic rings. The van der Waals surface area contributed by atoms with Crippen LogP contribution in [0.2, 0.25) is 0 Å². The van der Waals surface area contributed by atoms with Crippen LogP contribution in [0.25, 0.3) is 5.65 Å². The number of hydrogen-bond donors (Lipinski definition) is 3. The molecule has 2 aromatic heterocycles. The monoisotopic (exact) mass is 710 g/mol. The molecule has 0 fully saturated rings. The van der Waals surface area contributed by atoms with Crippen molar-refractivity contribution in [3.8, 4) is 5.75 Å². The van der Waals surface area contributed by atoms with Crippen molar-refractivity contribution < 1.29 is 37.0 Å². The van der Waals surface area contributed by atoms with Gasteiger partial charge in [0.05, 0.1) is 43.6 Å². The molecule has 1 amide bonds. The maximum atomic E-state index is 13.9. The molecule has 0 saturated heterocycles. The van der Waals surface area contributed by atoms with E-state index in [1.165, 1.54) is 36.8 Å². The maximum absolute atomic E-state index is 13.9. The van der Waals surface area contributed by atoms with Gasteiger partial charge in [0, 0.05) is 22.9 Å². The van der Waals surface area contributed by atoms with Gasteiger partial charge in [0.2, 0.25) is 0 Å². The lowest BCUT2D eigenvalue weighted by molar-refractivity contribution is 0.0583. The Morgan fingerprint density at radius 3 is 2.28 bits per heavy atom. The standard InChI is InChI=1S/C35H46N6O8S/c1-8-9-10-11-12-13-18-49-27-17-15-24(40-50(45,46)28-19-23(33(43)47-6)14-16-25(28)34(44)48-7)20-26(27)32(42)36-22(2)31-38-37-30-21-29(35(3,4)5)39-41(30)31/h14-17,19-22,39-40H,8-13,18H2,1-7H3,(H,36,42). The molecule has 3 N–H and O–H groups in total. The Morgan fingerprint density at radius 2 is 1.60 bits per heavy atom. The van der Waals surface area contributed by atoms with Crippen LogP contribution in [0.1, 0.15) is 122 Å². The molecule has 0 radical (unpaired) electrons. The second-order valence-corrected chi connectivity index (χ2v) is 14.6. The van der Waals surface area contributed by atoms with Gasteiger partial charge >= 0.3 is 11.9 Å². The second-order valence-electron chi connectivity index (χ2n) is 13.0. The topological polar surface area (TPSA) is 183 Å². The number of unbranched alkanes of at least 4 members (excludes halogenated alkanes) is 5. The minimum absolute atomic E-state index is 0.0121. The number of fused-ring (bicyclic) bond motifs is 1. The lowest BCUT2D eigenvalue weighted by Gasteiger charge is -2.18. The fourth-order valence-corrected chi connectivity index (χ4v) is 6.51. The number of esters is 2. The molecule has 4 aromatic rings. The van der Waals surface area contributed by atoms with Gasteiger partial charge in [-0.2, -0.15) is 0 Å². The number of benzene rings is 2. The highest BCUT2D eigenvalue weighted by Crippen LogP contribution is 2.29. The second kappa shape index (κ2) is 16.2. The van der Waals surface area contributed by atoms with Gasteiger partial charge in [-0.25, -0.2) is 22.5 Å². The summed E-state index contributed by atoms with van der Waals surface area (Å²) in [4.78, 5) is 38.0. The number of H-pyrrole nitrogens is 1. The molecular weight excluding hydrogens is 664 g/mol. The predicted octanol–water partition coefficient (Wildman–Crippen LogP) is 5.96. The van der Waals surface area contributed by atoms with E-state index < -0.39 is 38.8 Å². The minimum Gasteiger partial charge on any atom is -0.493 e. The fraction of sp³-hybridized carbons (Fsp3) is 0.457. The quantitative estimate of drug-likeness (QED) is 0.0927. The highest BCUT2D eigenvalue weighted by atomic mass is 32.2. The molecule has 270 valence electrons. The van der Waals surface area contributed by atoms with Gasteiger partial charge in [0.25, 0.3) is 15.9 Å². The van der Waals surface area contributed by atoms with Crippen LogP contribution in [0.3, 0.4) is 0 Å². The summed E-state index contributed by atoms with van der Waals surface area (Å²) in [5, 5.41) is 14.7. The number of anilines is 1. The van der Waals surface area contributed by atoms with Crippen molar-refractivity contribution in [1.29, 1.82) is 0 Å². The van der Waals surface area contributed by atoms with E-state index in [1.807, 2.05) is 6.07 Å². The maximum Gasteiger partial charge on any atom is 0.339 e. The Bertz CT molecular complexity index is 1940. The van der Waals surface area contributed by atoms with E-state index in [2.05, 4.69) is 53.0 Å². The van der Waals surface area contributed by atoms with E-state index in [9.17, 15) is 22.8 Å². The number of amides is 1. The van der Waals surface area contributed by atoms with Crippen molar-refractivity contribution >= 4 is 39.2 Å². The average Bonchev–Trinajstić information content (AvgIpc) is 3.69. The Balaban J connectivity index is 1.65. The third-order valence-electron chi connectivity index (χ3n) is 8.09. The smallest absolute Gasteiger partial charge is 0.339 e. The zero-order valence-electron chi connectivity index (χ0n) is 29.6. The van der Waals surface area contributed by atoms with Crippen LogP contribution >= 0.6 is 0 Å². The molecule has 4 rings (SSSR count). The molecule has 0 aliphatic heterocycles. The van der Waals surface area contributed by atoms with Gasteiger partial charge in [0.15, 0.2) is 11.5 Å². The Hall–Kier alpha value is -4.92. The summed E-state index contributed by atoms with van der Waals surface area (Å²) >= 11 is 0. The summed E-state index contributed by atoms with van der Waals surface area (Å²) in [5.41, 5.74) is 1.08. The van der Waals surface area contributed by atoms with Crippen LogP contribution < -0.4 is 14.8 Å². The summed E-state index contributed by atoms with van der Waals surface area (Å²) in [6.45, 7) is 10.5. The van der Waals surface area contributed by atoms with E-state index in [0.717, 1.165) is 58.1 Å². The molecule has 0 saturated carbocycles. The van der Waals surface area contributed by atoms with E-state index in [-0.39, 0.29) is 33.5 Å². The largest absolute Gasteiger partial charge is 0.493 e. The number of aromatic amines is 1. The van der Waals surface area contributed by atoms with Crippen molar-refractivity contribution in [2.24, 2.45) is 0 Å². The number of rotatable bonds is 16. The van der Waals surface area contributed by atoms with Gasteiger partial charge in [-0.3, -0.25) is 14.6 Å². The molecule has 2 aromatic carbocycles. The zero-order chi connectivity index (χ0) is 36.6. The molecule has 0 spiro atoms. The number of sulfonamides is 1. The summed E-state index contributed by atoms with van der Waals surface area (Å²) in [6.07, 6.45) is 6.29. The SMILES string of the molecule is CCCCCCCCOc1ccc(NS(=O)(=O)c2cc(C(=O)OC)ccc2C(=O)OC)cc1C(=O)NC(C)c1nnc2cc(C(C)(C)C)[nH]n12. The van der Waals surface area contributed by atoms with Gasteiger partial charge < -0.3 is 19.5 Å². The van der Waals surface area contributed by atoms with E-state index in [0.29, 0.717) is 18.1 Å². The van der Waals surface area contributed by atoms with E-state index in [1.54, 1.807) is 11.4 Å². The summed E-state index contributed by atoms with van der Waals surface area (Å²) in [6, 6.07) is 9.06. The number of aromatic nitrogens is 4. The van der Waals surface area contributed by atoms with Gasteiger partial charge in [0.1, 0.15) is 10.6 Å². The first-order valence-corrected chi connectivity index (χ1v) is 18.0. The van der Waals surface area contributed by atoms with Crippen molar-refractivity contribution in [2.45, 2.75) is 89.5 Å². The zero-order valence-corrected chi connectivity index (χ0v) is 30.4. The Morgan fingerprint density at radius 1 is 0.900 bits per heavy atom. The highest BCUT2D eigenvalue weighted by Gasteiger charge is 2.27. The Labute approximate surface area is 292 Å². The first-order valence-electron chi connectivity index (χ1n) is 16.6. The van der Waals surface area contributed by atoms with Crippen LogP contribution in [0.4, 0.5) is 5.69 Å². The molecule has 0 aliphatic carbocycles. The number of hydrogen-bond acceptors (Lipinski definition) is 10. The van der Waals surface area contributed by atoms with Crippen molar-refractivity contribution in [1.82, 2.24) is 25.1 Å². The molecule has 15 heteroatoms. The van der Waals surface area contributed by atoms with Crippen LogP contribution in [0.5, 0.6) is 5.75 Å². The first kappa shape index (κ1) is 37.9. The fourth-order valence-electron chi connectivity index (χ4n) is 5.24. The van der Waals surface area contributed by atoms with Crippen LogP contribution in [-0.4, -0.2) is 66.9 Å². The normalized spacial score (nSPS) is 12.4. The highest BCUT2D eigenvalue weighted by molar-refractivity contribution is 7.92. The number of nitrogens with zero attached hydrogens (tertiary/aromatic N) is 3. The predicted molar refractivity (Wildman–Crippen MR) is 187 cm³/mol. The summed E-state index contributed by atoms with van der Waals surface area (Å²) in [7, 11) is -2.24. The van der Waals surface area contributed by atoms with Crippen molar-refractivity contribution in [3.63, 3.8) is 0 Å². The number of methoxy groups -OCH3 is 2. The summed E-state index contributed by atoms with van der Waals surface area (Å²) in [5.74, 6) is -1.53. The lowest BCUT2D eigenvalue weighted by atomic mass is 9.93. The minimum atomic E-state index is -4.50. The molecule has 14 nitrogen and oxygen atoms in total. The Kier molecular flexibility index (Phi) is 12.3. The number of carbonyl (C=O) groups excluding carboxylic acids is 3. The van der Waals surface area contributed by atoms with Crippen molar-refractivity contribution in [2.75, 3.05) is 25.5 Å². The number of nitrogens with one attached hydrogen (secondary N) is 3. The molecule has 0 bridgehead atoms. The molecule has 2 heterocycles. The van der Waals surface area contributed by atoms with Crippen LogP contribution in [0, 0.1) is 0 Å². The van der Waals surface area contributed by atoms with Gasteiger partial charge in [-0.05, 0) is 49.7 Å². The van der Waals surface area contributed by atoms with Crippen molar-refractivity contribution in [3.05, 3.63) is 70.7 Å². The number of carbonyl (C=O) groups is 3. The van der Waals surface area contributed by atoms with Crippen LogP contribution in [-0.2, 0) is 24.9 Å². The average molecular weight is 711 g/mol. The van der Waals surface area contributed by atoms with Gasteiger partial charge in [-0.15, -0.1) is 10.2 Å². The molecule has 50 heavy (non-hydrogen) atoms. The van der Waals surface area contributed by atoms with E-state index in [4.69, 9.17) is 14.2 Å². The molecular formula is C35H46N6O8S. The third kappa shape index (κ3) is 9.00. The third-order valence-corrected chi connectivity index (χ3v) is 9.51. The molecule has 1 atom stereocenters. The van der Waals surface area contributed by atoms with Gasteiger partial charge in [-0.1, -0.05) is 59.8 Å². The van der Waals surface area contributed by atoms with E-state index >= 15 is 0 Å². The number of ether oxygens (including phenoxy) is 3.